The number of benzene rings is 3. The van der Waals surface area contributed by atoms with Crippen molar-refractivity contribution in [3.05, 3.63) is 76.8 Å². The Kier molecular flexibility index (Phi) is 8.47. The number of oxime groups is 1. The first-order valence-corrected chi connectivity index (χ1v) is 13.7. The van der Waals surface area contributed by atoms with Crippen LogP contribution in [-0.2, 0) is 11.2 Å². The standard InChI is InChI=1S/C30H34ClN3O4/c31-25-18-23(10-14-28(25)38-24-11-12-24)29(35)27(19-34-15-3-4-16-34)32-30(36)26(33-37)13-8-20-7-9-21-5-1-2-6-22(21)17-20/h1-2,5-7,9-10,14,17-18,24,27,29,35,37H,3-4,8,11-13,15-16,19H2,(H,32,36)/b33-26+/t27-,29-/m1/s1. The van der Waals surface area contributed by atoms with E-state index in [-0.39, 0.29) is 18.2 Å². The fourth-order valence-corrected chi connectivity index (χ4v) is 5.21. The van der Waals surface area contributed by atoms with Crippen LogP contribution in [0.15, 0.2) is 65.8 Å². The van der Waals surface area contributed by atoms with Gasteiger partial charge in [0.05, 0.1) is 17.2 Å². The molecule has 3 N–H and O–H groups in total. The molecule has 0 aromatic heterocycles. The summed E-state index contributed by atoms with van der Waals surface area (Å²) in [5, 5.41) is 29.9. The summed E-state index contributed by atoms with van der Waals surface area (Å²) in [4.78, 5) is 15.4. The number of aryl methyl sites for hydroxylation is 1. The normalized spacial score (nSPS) is 17.9. The average Bonchev–Trinajstić information content (AvgIpc) is 3.60. The number of carbonyl (C=O) groups excluding carboxylic acids is 1. The van der Waals surface area contributed by atoms with Crippen LogP contribution in [0, 0.1) is 0 Å². The van der Waals surface area contributed by atoms with E-state index in [1.807, 2.05) is 24.3 Å². The van der Waals surface area contributed by atoms with Crippen LogP contribution in [0.4, 0.5) is 0 Å². The van der Waals surface area contributed by atoms with Crippen molar-refractivity contribution in [2.45, 2.75) is 56.8 Å². The Balaban J connectivity index is 1.26. The second kappa shape index (κ2) is 12.2. The third kappa shape index (κ3) is 6.65. The molecule has 2 atom stereocenters. The third-order valence-electron chi connectivity index (χ3n) is 7.31. The molecule has 38 heavy (non-hydrogen) atoms. The maximum Gasteiger partial charge on any atom is 0.269 e. The molecule has 0 unspecified atom stereocenters. The molecule has 1 heterocycles. The quantitative estimate of drug-likeness (QED) is 0.180. The summed E-state index contributed by atoms with van der Waals surface area (Å²) in [7, 11) is 0. The number of amides is 1. The van der Waals surface area contributed by atoms with Gasteiger partial charge >= 0.3 is 0 Å². The summed E-state index contributed by atoms with van der Waals surface area (Å²) in [5.41, 5.74) is 1.68. The van der Waals surface area contributed by atoms with E-state index in [9.17, 15) is 15.1 Å². The molecule has 1 aliphatic heterocycles. The molecule has 7 nitrogen and oxygen atoms in total. The van der Waals surface area contributed by atoms with Crippen molar-refractivity contribution in [2.24, 2.45) is 5.16 Å². The van der Waals surface area contributed by atoms with Crippen molar-refractivity contribution >= 4 is 34.0 Å². The molecule has 8 heteroatoms. The Morgan fingerprint density at radius 2 is 1.84 bits per heavy atom. The van der Waals surface area contributed by atoms with Crippen LogP contribution >= 0.6 is 11.6 Å². The average molecular weight is 536 g/mol. The Morgan fingerprint density at radius 1 is 1.08 bits per heavy atom. The number of nitrogens with one attached hydrogen (secondary N) is 1. The molecule has 0 radical (unpaired) electrons. The number of aliphatic hydroxyl groups excluding tert-OH is 1. The fraction of sp³-hybridized carbons (Fsp3) is 0.400. The molecular formula is C30H34ClN3O4. The molecule has 0 spiro atoms. The summed E-state index contributed by atoms with van der Waals surface area (Å²) in [6.45, 7) is 2.31. The summed E-state index contributed by atoms with van der Waals surface area (Å²) in [6, 6.07) is 18.9. The zero-order valence-corrected chi connectivity index (χ0v) is 22.1. The van der Waals surface area contributed by atoms with Gasteiger partial charge in [-0.05, 0) is 79.2 Å². The minimum Gasteiger partial charge on any atom is -0.489 e. The number of hydrogen-bond acceptors (Lipinski definition) is 6. The maximum absolute atomic E-state index is 13.2. The van der Waals surface area contributed by atoms with E-state index in [0.29, 0.717) is 29.3 Å². The lowest BCUT2D eigenvalue weighted by Gasteiger charge is -2.29. The summed E-state index contributed by atoms with van der Waals surface area (Å²) >= 11 is 6.45. The van der Waals surface area contributed by atoms with E-state index in [1.165, 1.54) is 0 Å². The van der Waals surface area contributed by atoms with Crippen molar-refractivity contribution in [3.8, 4) is 5.75 Å². The first-order valence-electron chi connectivity index (χ1n) is 13.4. The van der Waals surface area contributed by atoms with Crippen molar-refractivity contribution in [2.75, 3.05) is 19.6 Å². The Bertz CT molecular complexity index is 1300. The minimum atomic E-state index is -0.993. The van der Waals surface area contributed by atoms with Crippen LogP contribution < -0.4 is 10.1 Å². The SMILES string of the molecule is O=C(N[C@H](CN1CCCC1)[C@H](O)c1ccc(OC2CC2)c(Cl)c1)/C(CCc1ccc2ccccc2c1)=N/O. The molecule has 0 bridgehead atoms. The van der Waals surface area contributed by atoms with Gasteiger partial charge in [-0.15, -0.1) is 0 Å². The molecular weight excluding hydrogens is 502 g/mol. The van der Waals surface area contributed by atoms with E-state index in [1.54, 1.807) is 18.2 Å². The van der Waals surface area contributed by atoms with Crippen molar-refractivity contribution in [1.29, 1.82) is 0 Å². The van der Waals surface area contributed by atoms with Gasteiger partial charge < -0.3 is 25.3 Å². The molecule has 3 aromatic rings. The number of ether oxygens (including phenoxy) is 1. The van der Waals surface area contributed by atoms with Crippen LogP contribution in [0.1, 0.15) is 49.3 Å². The van der Waals surface area contributed by atoms with E-state index in [2.05, 4.69) is 33.6 Å². The molecule has 1 aliphatic carbocycles. The van der Waals surface area contributed by atoms with Gasteiger partial charge in [0, 0.05) is 13.0 Å². The molecule has 200 valence electrons. The molecule has 1 saturated carbocycles. The first kappa shape index (κ1) is 26.5. The van der Waals surface area contributed by atoms with Gasteiger partial charge in [-0.25, -0.2) is 0 Å². The maximum atomic E-state index is 13.2. The lowest BCUT2D eigenvalue weighted by molar-refractivity contribution is -0.116. The molecule has 1 amide bonds. The largest absolute Gasteiger partial charge is 0.489 e. The van der Waals surface area contributed by atoms with Crippen LogP contribution in [0.2, 0.25) is 5.02 Å². The van der Waals surface area contributed by atoms with Crippen molar-refractivity contribution in [1.82, 2.24) is 10.2 Å². The number of fused-ring (bicyclic) bond motifs is 1. The second-order valence-corrected chi connectivity index (χ2v) is 10.7. The molecule has 1 saturated heterocycles. The van der Waals surface area contributed by atoms with Gasteiger partial charge in [-0.3, -0.25) is 4.79 Å². The van der Waals surface area contributed by atoms with Gasteiger partial charge in [-0.2, -0.15) is 0 Å². The number of likely N-dealkylation sites (tertiary alicyclic amines) is 1. The Hall–Kier alpha value is -3.13. The van der Waals surface area contributed by atoms with E-state index < -0.39 is 18.1 Å². The van der Waals surface area contributed by atoms with E-state index in [0.717, 1.165) is 55.1 Å². The number of rotatable bonds is 11. The Labute approximate surface area is 228 Å². The van der Waals surface area contributed by atoms with Gasteiger partial charge in [0.15, 0.2) is 0 Å². The summed E-state index contributed by atoms with van der Waals surface area (Å²) < 4.78 is 5.82. The number of carbonyl (C=O) groups is 1. The van der Waals surface area contributed by atoms with Crippen molar-refractivity contribution in [3.63, 3.8) is 0 Å². The highest BCUT2D eigenvalue weighted by atomic mass is 35.5. The van der Waals surface area contributed by atoms with Gasteiger partial charge in [0.2, 0.25) is 0 Å². The van der Waals surface area contributed by atoms with E-state index >= 15 is 0 Å². The summed E-state index contributed by atoms with van der Waals surface area (Å²) in [5.74, 6) is 0.116. The number of halogens is 1. The zero-order valence-electron chi connectivity index (χ0n) is 21.4. The minimum absolute atomic E-state index is 0.0306. The second-order valence-electron chi connectivity index (χ2n) is 10.3. The molecule has 2 fully saturated rings. The van der Waals surface area contributed by atoms with Gasteiger partial charge in [0.1, 0.15) is 17.6 Å². The van der Waals surface area contributed by atoms with Crippen LogP contribution in [0.25, 0.3) is 10.8 Å². The predicted molar refractivity (Wildman–Crippen MR) is 149 cm³/mol. The number of nitrogens with zero attached hydrogens (tertiary/aromatic N) is 2. The van der Waals surface area contributed by atoms with E-state index in [4.69, 9.17) is 16.3 Å². The fourth-order valence-electron chi connectivity index (χ4n) is 4.98. The first-order chi connectivity index (χ1) is 18.5. The topological polar surface area (TPSA) is 94.4 Å². The lowest BCUT2D eigenvalue weighted by Crippen LogP contribution is -2.48. The Morgan fingerprint density at radius 3 is 2.55 bits per heavy atom. The van der Waals surface area contributed by atoms with Crippen LogP contribution in [-0.4, -0.2) is 58.6 Å². The molecule has 3 aromatic carbocycles. The highest BCUT2D eigenvalue weighted by Crippen LogP contribution is 2.34. The molecule has 2 aliphatic rings. The van der Waals surface area contributed by atoms with Crippen LogP contribution in [0.3, 0.4) is 0 Å². The lowest BCUT2D eigenvalue weighted by atomic mass is 10.00. The monoisotopic (exact) mass is 535 g/mol. The van der Waals surface area contributed by atoms with Gasteiger partial charge in [-0.1, -0.05) is 65.3 Å². The number of hydrogen-bond donors (Lipinski definition) is 3. The van der Waals surface area contributed by atoms with Gasteiger partial charge in [0.25, 0.3) is 5.91 Å². The molecule has 5 rings (SSSR count). The van der Waals surface area contributed by atoms with Crippen molar-refractivity contribution < 1.29 is 19.8 Å². The van der Waals surface area contributed by atoms with Crippen LogP contribution in [0.5, 0.6) is 5.75 Å². The predicted octanol–water partition coefficient (Wildman–Crippen LogP) is 5.11. The smallest absolute Gasteiger partial charge is 0.269 e. The highest BCUT2D eigenvalue weighted by molar-refractivity contribution is 6.38. The number of aliphatic hydroxyl groups is 1. The third-order valence-corrected chi connectivity index (χ3v) is 7.61. The summed E-state index contributed by atoms with van der Waals surface area (Å²) in [6.07, 6.45) is 4.28. The zero-order chi connectivity index (χ0) is 26.5. The highest BCUT2D eigenvalue weighted by Gasteiger charge is 2.29.